The Hall–Kier alpha value is -0.930. The van der Waals surface area contributed by atoms with Crippen LogP contribution in [-0.4, -0.2) is 17.6 Å². The van der Waals surface area contributed by atoms with Crippen molar-refractivity contribution in [1.82, 2.24) is 0 Å². The van der Waals surface area contributed by atoms with Crippen LogP contribution in [0.1, 0.15) is 6.42 Å². The predicted molar refractivity (Wildman–Crippen MR) is 57.2 cm³/mol. The lowest BCUT2D eigenvalue weighted by Crippen LogP contribution is -2.07. The van der Waals surface area contributed by atoms with Gasteiger partial charge in [0.05, 0.1) is 17.1 Å². The van der Waals surface area contributed by atoms with Gasteiger partial charge in [0.25, 0.3) is 0 Å². The van der Waals surface area contributed by atoms with Gasteiger partial charge in [-0.25, -0.2) is 0 Å². The van der Waals surface area contributed by atoms with Gasteiger partial charge >= 0.3 is 5.97 Å². The van der Waals surface area contributed by atoms with Crippen molar-refractivity contribution in [3.05, 3.63) is 28.2 Å². The van der Waals surface area contributed by atoms with Crippen molar-refractivity contribution in [1.29, 1.82) is 0 Å². The summed E-state index contributed by atoms with van der Waals surface area (Å²) >= 11 is 11.5. The Morgan fingerprint density at radius 2 is 2.14 bits per heavy atom. The number of rotatable bonds is 4. The fourth-order valence-electron chi connectivity index (χ4n) is 0.937. The van der Waals surface area contributed by atoms with E-state index in [4.69, 9.17) is 28.3 Å². The standard InChI is InChI=1S/C9H9Cl2NO2/c10-6-1-2-8(7(11)5-6)12-4-3-9(13)14/h1-2,5,12H,3-4H2,(H,13,14). The van der Waals surface area contributed by atoms with Crippen LogP contribution in [0, 0.1) is 0 Å². The van der Waals surface area contributed by atoms with E-state index in [9.17, 15) is 4.79 Å². The van der Waals surface area contributed by atoms with Crippen LogP contribution in [0.4, 0.5) is 5.69 Å². The molecule has 76 valence electrons. The number of carboxylic acid groups (broad SMARTS) is 1. The van der Waals surface area contributed by atoms with Gasteiger partial charge < -0.3 is 10.4 Å². The third-order valence-corrected chi connectivity index (χ3v) is 2.13. The lowest BCUT2D eigenvalue weighted by Gasteiger charge is -2.06. The molecule has 0 atom stereocenters. The molecule has 0 aliphatic rings. The zero-order valence-electron chi connectivity index (χ0n) is 7.26. The zero-order valence-corrected chi connectivity index (χ0v) is 8.77. The van der Waals surface area contributed by atoms with E-state index in [0.29, 0.717) is 22.3 Å². The highest BCUT2D eigenvalue weighted by molar-refractivity contribution is 6.36. The minimum absolute atomic E-state index is 0.0545. The quantitative estimate of drug-likeness (QED) is 0.841. The number of halogens is 2. The Bertz CT molecular complexity index is 342. The molecule has 0 aromatic heterocycles. The topological polar surface area (TPSA) is 49.3 Å². The Morgan fingerprint density at radius 1 is 1.43 bits per heavy atom. The first-order chi connectivity index (χ1) is 6.59. The van der Waals surface area contributed by atoms with Gasteiger partial charge in [-0.05, 0) is 18.2 Å². The van der Waals surface area contributed by atoms with Crippen LogP contribution < -0.4 is 5.32 Å². The molecule has 0 radical (unpaired) electrons. The second-order valence-electron chi connectivity index (χ2n) is 2.69. The van der Waals surface area contributed by atoms with Gasteiger partial charge in [0.1, 0.15) is 0 Å². The molecule has 0 aliphatic carbocycles. The van der Waals surface area contributed by atoms with E-state index in [1.165, 1.54) is 0 Å². The summed E-state index contributed by atoms with van der Waals surface area (Å²) in [6.45, 7) is 0.344. The van der Waals surface area contributed by atoms with Gasteiger partial charge in [-0.2, -0.15) is 0 Å². The molecular weight excluding hydrogens is 225 g/mol. The molecule has 1 aromatic rings. The van der Waals surface area contributed by atoms with E-state index in [1.54, 1.807) is 18.2 Å². The van der Waals surface area contributed by atoms with Crippen LogP contribution in [0.2, 0.25) is 10.0 Å². The van der Waals surface area contributed by atoms with Gasteiger partial charge in [-0.15, -0.1) is 0 Å². The third kappa shape index (κ3) is 3.44. The zero-order chi connectivity index (χ0) is 10.6. The average molecular weight is 234 g/mol. The van der Waals surface area contributed by atoms with Gasteiger partial charge in [0.2, 0.25) is 0 Å². The van der Waals surface area contributed by atoms with Gasteiger partial charge in [-0.1, -0.05) is 23.2 Å². The van der Waals surface area contributed by atoms with Crippen LogP contribution in [0.5, 0.6) is 0 Å². The van der Waals surface area contributed by atoms with E-state index in [0.717, 1.165) is 0 Å². The van der Waals surface area contributed by atoms with Crippen LogP contribution in [0.25, 0.3) is 0 Å². The molecule has 5 heteroatoms. The number of benzene rings is 1. The monoisotopic (exact) mass is 233 g/mol. The summed E-state index contributed by atoms with van der Waals surface area (Å²) in [6.07, 6.45) is 0.0545. The van der Waals surface area contributed by atoms with Crippen molar-refractivity contribution in [3.63, 3.8) is 0 Å². The summed E-state index contributed by atoms with van der Waals surface area (Å²) in [5.41, 5.74) is 0.692. The number of nitrogens with one attached hydrogen (secondary N) is 1. The van der Waals surface area contributed by atoms with Crippen molar-refractivity contribution in [2.45, 2.75) is 6.42 Å². The fraction of sp³-hybridized carbons (Fsp3) is 0.222. The SMILES string of the molecule is O=C(O)CCNc1ccc(Cl)cc1Cl. The number of carbonyl (C=O) groups is 1. The molecule has 0 aliphatic heterocycles. The molecule has 1 aromatic carbocycles. The number of hydrogen-bond donors (Lipinski definition) is 2. The van der Waals surface area contributed by atoms with Crippen LogP contribution in [0.3, 0.4) is 0 Å². The smallest absolute Gasteiger partial charge is 0.305 e. The molecule has 0 saturated heterocycles. The molecule has 0 heterocycles. The van der Waals surface area contributed by atoms with Crippen molar-refractivity contribution < 1.29 is 9.90 Å². The lowest BCUT2D eigenvalue weighted by atomic mass is 10.3. The summed E-state index contributed by atoms with van der Waals surface area (Å²) in [5, 5.41) is 12.4. The first kappa shape index (κ1) is 11.1. The molecule has 2 N–H and O–H groups in total. The van der Waals surface area contributed by atoms with E-state index >= 15 is 0 Å². The molecule has 0 saturated carbocycles. The second-order valence-corrected chi connectivity index (χ2v) is 3.54. The van der Waals surface area contributed by atoms with E-state index in [1.807, 2.05) is 0 Å². The molecule has 1 rings (SSSR count). The molecule has 0 bridgehead atoms. The third-order valence-electron chi connectivity index (χ3n) is 1.59. The number of carboxylic acids is 1. The highest BCUT2D eigenvalue weighted by Gasteiger charge is 2.01. The number of anilines is 1. The summed E-state index contributed by atoms with van der Waals surface area (Å²) in [4.78, 5) is 10.2. The molecule has 3 nitrogen and oxygen atoms in total. The fourth-order valence-corrected chi connectivity index (χ4v) is 1.41. The van der Waals surface area contributed by atoms with Crippen LogP contribution in [-0.2, 0) is 4.79 Å². The normalized spacial score (nSPS) is 9.86. The molecule has 0 fully saturated rings. The minimum atomic E-state index is -0.845. The van der Waals surface area contributed by atoms with Crippen LogP contribution >= 0.6 is 23.2 Å². The number of aliphatic carboxylic acids is 1. The summed E-state index contributed by atoms with van der Waals surface area (Å²) in [6, 6.07) is 5.01. The van der Waals surface area contributed by atoms with Crippen molar-refractivity contribution >= 4 is 34.9 Å². The maximum absolute atomic E-state index is 10.2. The van der Waals surface area contributed by atoms with Gasteiger partial charge in [0.15, 0.2) is 0 Å². The summed E-state index contributed by atoms with van der Waals surface area (Å²) in [7, 11) is 0. The summed E-state index contributed by atoms with van der Waals surface area (Å²) in [5.74, 6) is -0.845. The van der Waals surface area contributed by atoms with Crippen LogP contribution in [0.15, 0.2) is 18.2 Å². The molecule has 0 spiro atoms. The minimum Gasteiger partial charge on any atom is -0.481 e. The van der Waals surface area contributed by atoms with E-state index < -0.39 is 5.97 Å². The lowest BCUT2D eigenvalue weighted by molar-refractivity contribution is -0.136. The molecule has 0 unspecified atom stereocenters. The highest BCUT2D eigenvalue weighted by Crippen LogP contribution is 2.25. The maximum atomic E-state index is 10.2. The Balaban J connectivity index is 2.55. The number of hydrogen-bond acceptors (Lipinski definition) is 2. The second kappa shape index (κ2) is 5.08. The van der Waals surface area contributed by atoms with Gasteiger partial charge in [0, 0.05) is 11.6 Å². The Kier molecular flexibility index (Phi) is 4.04. The Morgan fingerprint density at radius 3 is 2.71 bits per heavy atom. The van der Waals surface area contributed by atoms with E-state index in [2.05, 4.69) is 5.32 Å². The van der Waals surface area contributed by atoms with Crippen molar-refractivity contribution in [2.24, 2.45) is 0 Å². The highest BCUT2D eigenvalue weighted by atomic mass is 35.5. The average Bonchev–Trinajstić information content (AvgIpc) is 2.08. The Labute approximate surface area is 91.6 Å². The first-order valence-corrected chi connectivity index (χ1v) is 4.76. The van der Waals surface area contributed by atoms with Crippen molar-refractivity contribution in [2.75, 3.05) is 11.9 Å². The maximum Gasteiger partial charge on any atom is 0.305 e. The molecular formula is C9H9Cl2NO2. The molecule has 14 heavy (non-hydrogen) atoms. The first-order valence-electron chi connectivity index (χ1n) is 4.00. The summed E-state index contributed by atoms with van der Waals surface area (Å²) < 4.78 is 0. The van der Waals surface area contributed by atoms with Crippen molar-refractivity contribution in [3.8, 4) is 0 Å². The molecule has 0 amide bonds. The van der Waals surface area contributed by atoms with Gasteiger partial charge in [-0.3, -0.25) is 4.79 Å². The predicted octanol–water partition coefficient (Wildman–Crippen LogP) is 2.88. The largest absolute Gasteiger partial charge is 0.481 e. The van der Waals surface area contributed by atoms with E-state index in [-0.39, 0.29) is 6.42 Å².